The Morgan fingerprint density at radius 3 is 2.67 bits per heavy atom. The number of piperidine rings is 1. The van der Waals surface area contributed by atoms with Gasteiger partial charge in [0.2, 0.25) is 5.95 Å². The minimum absolute atomic E-state index is 0.845. The molecule has 2 saturated heterocycles. The zero-order chi connectivity index (χ0) is 18.1. The standard InChI is InChI=1S/C22H28N4O/c1-8-23-22(24-9-1)26-11-5-18(6-12-26)20-4-10-25(16-20)15-17-2-3-21-19(14-17)7-13-27-21/h1-3,8-9,14,18,20H,4-7,10-13,15-16H2. The van der Waals surface area contributed by atoms with Gasteiger partial charge >= 0.3 is 0 Å². The molecule has 0 radical (unpaired) electrons. The van der Waals surface area contributed by atoms with Crippen LogP contribution >= 0.6 is 0 Å². The van der Waals surface area contributed by atoms with Crippen molar-refractivity contribution in [3.63, 3.8) is 0 Å². The van der Waals surface area contributed by atoms with E-state index in [1.54, 1.807) is 0 Å². The average Bonchev–Trinajstić information content (AvgIpc) is 3.38. The quantitative estimate of drug-likeness (QED) is 0.834. The lowest BCUT2D eigenvalue weighted by atomic mass is 9.84. The first-order valence-electron chi connectivity index (χ1n) is 10.3. The average molecular weight is 364 g/mol. The van der Waals surface area contributed by atoms with Crippen molar-refractivity contribution in [2.45, 2.75) is 32.2 Å². The predicted molar refractivity (Wildman–Crippen MR) is 106 cm³/mol. The summed E-state index contributed by atoms with van der Waals surface area (Å²) in [7, 11) is 0. The lowest BCUT2D eigenvalue weighted by Gasteiger charge is -2.34. The smallest absolute Gasteiger partial charge is 0.225 e. The summed E-state index contributed by atoms with van der Waals surface area (Å²) in [4.78, 5) is 13.8. The molecule has 0 N–H and O–H groups in total. The molecule has 3 aliphatic rings. The van der Waals surface area contributed by atoms with Crippen molar-refractivity contribution in [2.75, 3.05) is 37.7 Å². The van der Waals surface area contributed by atoms with Gasteiger partial charge in [0.15, 0.2) is 0 Å². The number of aromatic nitrogens is 2. The second-order valence-corrected chi connectivity index (χ2v) is 8.20. The molecule has 0 amide bonds. The van der Waals surface area contributed by atoms with Gasteiger partial charge in [0.1, 0.15) is 5.75 Å². The minimum Gasteiger partial charge on any atom is -0.493 e. The van der Waals surface area contributed by atoms with E-state index in [1.807, 2.05) is 18.5 Å². The van der Waals surface area contributed by atoms with Crippen LogP contribution in [0.4, 0.5) is 5.95 Å². The Bertz CT molecular complexity index is 773. The zero-order valence-corrected chi connectivity index (χ0v) is 15.9. The molecular weight excluding hydrogens is 336 g/mol. The van der Waals surface area contributed by atoms with Crippen LogP contribution < -0.4 is 9.64 Å². The molecule has 0 aliphatic carbocycles. The Morgan fingerprint density at radius 2 is 1.81 bits per heavy atom. The van der Waals surface area contributed by atoms with Crippen LogP contribution in [0.25, 0.3) is 0 Å². The van der Waals surface area contributed by atoms with Crippen molar-refractivity contribution >= 4 is 5.95 Å². The lowest BCUT2D eigenvalue weighted by Crippen LogP contribution is -2.37. The Morgan fingerprint density at radius 1 is 1.00 bits per heavy atom. The normalized spacial score (nSPS) is 23.4. The van der Waals surface area contributed by atoms with E-state index in [9.17, 15) is 0 Å². The molecule has 4 heterocycles. The van der Waals surface area contributed by atoms with E-state index < -0.39 is 0 Å². The summed E-state index contributed by atoms with van der Waals surface area (Å²) in [5, 5.41) is 0. The van der Waals surface area contributed by atoms with Gasteiger partial charge in [-0.3, -0.25) is 4.90 Å². The van der Waals surface area contributed by atoms with Gasteiger partial charge in [-0.15, -0.1) is 0 Å². The molecule has 0 spiro atoms. The van der Waals surface area contributed by atoms with Crippen LogP contribution in [0.1, 0.15) is 30.4 Å². The van der Waals surface area contributed by atoms with E-state index in [4.69, 9.17) is 4.74 Å². The van der Waals surface area contributed by atoms with Crippen LogP contribution in [0.5, 0.6) is 5.75 Å². The molecule has 5 heteroatoms. The van der Waals surface area contributed by atoms with Crippen LogP contribution in [0, 0.1) is 11.8 Å². The van der Waals surface area contributed by atoms with Crippen LogP contribution in [0.3, 0.4) is 0 Å². The molecule has 5 rings (SSSR count). The monoisotopic (exact) mass is 364 g/mol. The summed E-state index contributed by atoms with van der Waals surface area (Å²) in [5.74, 6) is 3.68. The molecule has 3 aliphatic heterocycles. The minimum atomic E-state index is 0.845. The molecule has 1 atom stereocenters. The highest BCUT2D eigenvalue weighted by Crippen LogP contribution is 2.33. The molecule has 2 aromatic rings. The first-order chi connectivity index (χ1) is 13.3. The number of benzene rings is 1. The van der Waals surface area contributed by atoms with Gasteiger partial charge < -0.3 is 9.64 Å². The number of nitrogens with zero attached hydrogens (tertiary/aromatic N) is 4. The highest BCUT2D eigenvalue weighted by Gasteiger charge is 2.32. The fourth-order valence-corrected chi connectivity index (χ4v) is 5.01. The highest BCUT2D eigenvalue weighted by atomic mass is 16.5. The summed E-state index contributed by atoms with van der Waals surface area (Å²) in [6, 6.07) is 8.65. The van der Waals surface area contributed by atoms with Crippen molar-refractivity contribution in [3.8, 4) is 5.75 Å². The molecule has 1 aromatic carbocycles. The van der Waals surface area contributed by atoms with E-state index in [1.165, 1.54) is 43.5 Å². The van der Waals surface area contributed by atoms with Crippen molar-refractivity contribution in [1.29, 1.82) is 0 Å². The van der Waals surface area contributed by atoms with Crippen molar-refractivity contribution in [1.82, 2.24) is 14.9 Å². The summed E-state index contributed by atoms with van der Waals surface area (Å²) >= 11 is 0. The first-order valence-corrected chi connectivity index (χ1v) is 10.3. The number of hydrogen-bond acceptors (Lipinski definition) is 5. The molecule has 5 nitrogen and oxygen atoms in total. The van der Waals surface area contributed by atoms with E-state index >= 15 is 0 Å². The van der Waals surface area contributed by atoms with Gasteiger partial charge in [-0.25, -0.2) is 9.97 Å². The van der Waals surface area contributed by atoms with Crippen molar-refractivity contribution in [3.05, 3.63) is 47.8 Å². The SMILES string of the molecule is c1cnc(N2CCC(C3CCN(Cc4ccc5c(c4)CCO5)C3)CC2)nc1. The maximum atomic E-state index is 5.63. The van der Waals surface area contributed by atoms with Crippen LogP contribution in [-0.4, -0.2) is 47.7 Å². The molecular formula is C22H28N4O. The fraction of sp³-hybridized carbons (Fsp3) is 0.545. The molecule has 1 aromatic heterocycles. The van der Waals surface area contributed by atoms with Gasteiger partial charge in [0.05, 0.1) is 6.61 Å². The number of fused-ring (bicyclic) bond motifs is 1. The highest BCUT2D eigenvalue weighted by molar-refractivity contribution is 5.39. The summed E-state index contributed by atoms with van der Waals surface area (Å²) < 4.78 is 5.63. The third-order valence-electron chi connectivity index (χ3n) is 6.51. The van der Waals surface area contributed by atoms with Gasteiger partial charge in [-0.1, -0.05) is 12.1 Å². The zero-order valence-electron chi connectivity index (χ0n) is 15.9. The van der Waals surface area contributed by atoms with Gasteiger partial charge in [-0.05, 0) is 60.9 Å². The van der Waals surface area contributed by atoms with Gasteiger partial charge in [-0.2, -0.15) is 0 Å². The Kier molecular flexibility index (Phi) is 4.70. The lowest BCUT2D eigenvalue weighted by molar-refractivity contribution is 0.252. The molecule has 0 bridgehead atoms. The number of anilines is 1. The summed E-state index contributed by atoms with van der Waals surface area (Å²) in [6.45, 7) is 6.60. The third kappa shape index (κ3) is 3.65. The molecule has 2 fully saturated rings. The van der Waals surface area contributed by atoms with Crippen molar-refractivity contribution < 1.29 is 4.74 Å². The second kappa shape index (κ2) is 7.47. The van der Waals surface area contributed by atoms with Crippen LogP contribution in [0.15, 0.2) is 36.7 Å². The predicted octanol–water partition coefficient (Wildman–Crippen LogP) is 3.15. The number of likely N-dealkylation sites (tertiary alicyclic amines) is 1. The Hall–Kier alpha value is -2.14. The summed E-state index contributed by atoms with van der Waals surface area (Å²) in [6.07, 6.45) is 8.64. The van der Waals surface area contributed by atoms with Crippen LogP contribution in [0.2, 0.25) is 0 Å². The maximum absolute atomic E-state index is 5.63. The summed E-state index contributed by atoms with van der Waals surface area (Å²) in [5.41, 5.74) is 2.83. The van der Waals surface area contributed by atoms with E-state index in [0.717, 1.165) is 56.2 Å². The first kappa shape index (κ1) is 17.0. The van der Waals surface area contributed by atoms with Crippen molar-refractivity contribution in [2.24, 2.45) is 11.8 Å². The van der Waals surface area contributed by atoms with Gasteiger partial charge in [0.25, 0.3) is 0 Å². The molecule has 27 heavy (non-hydrogen) atoms. The number of rotatable bonds is 4. The molecule has 0 saturated carbocycles. The number of hydrogen-bond donors (Lipinski definition) is 0. The largest absolute Gasteiger partial charge is 0.493 e. The number of ether oxygens (including phenoxy) is 1. The topological polar surface area (TPSA) is 41.5 Å². The van der Waals surface area contributed by atoms with E-state index in [-0.39, 0.29) is 0 Å². The second-order valence-electron chi connectivity index (χ2n) is 8.20. The maximum Gasteiger partial charge on any atom is 0.225 e. The molecule has 1 unspecified atom stereocenters. The van der Waals surface area contributed by atoms with E-state index in [2.05, 4.69) is 38.0 Å². The third-order valence-corrected chi connectivity index (χ3v) is 6.51. The van der Waals surface area contributed by atoms with Crippen LogP contribution in [-0.2, 0) is 13.0 Å². The fourth-order valence-electron chi connectivity index (χ4n) is 5.01. The molecule has 142 valence electrons. The Balaban J connectivity index is 1.14. The Labute approximate surface area is 161 Å². The van der Waals surface area contributed by atoms with E-state index in [0.29, 0.717) is 0 Å². The van der Waals surface area contributed by atoms with Gasteiger partial charge in [0, 0.05) is 45.0 Å².